The summed E-state index contributed by atoms with van der Waals surface area (Å²) < 4.78 is 5.76. The molecule has 0 fully saturated rings. The molecule has 0 atom stereocenters. The Morgan fingerprint density at radius 1 is 1.36 bits per heavy atom. The van der Waals surface area contributed by atoms with E-state index in [-0.39, 0.29) is 5.91 Å². The summed E-state index contributed by atoms with van der Waals surface area (Å²) in [6.45, 7) is 10.3. The number of hydrogen-bond acceptors (Lipinski definition) is 4. The van der Waals surface area contributed by atoms with Crippen LogP contribution in [0, 0.1) is 20.8 Å². The number of hydrogen-bond donors (Lipinski definition) is 1. The SMILES string of the molecule is C=CCNC(=O)c1sc(COc2ccc(C)c(C)c2)nc1C. The van der Waals surface area contributed by atoms with Crippen LogP contribution < -0.4 is 10.1 Å². The topological polar surface area (TPSA) is 51.2 Å². The van der Waals surface area contributed by atoms with Crippen LogP contribution in [0.15, 0.2) is 30.9 Å². The lowest BCUT2D eigenvalue weighted by Crippen LogP contribution is -2.22. The lowest BCUT2D eigenvalue weighted by atomic mass is 10.1. The summed E-state index contributed by atoms with van der Waals surface area (Å²) in [4.78, 5) is 17.0. The van der Waals surface area contributed by atoms with Crippen molar-refractivity contribution in [1.29, 1.82) is 0 Å². The minimum absolute atomic E-state index is 0.118. The van der Waals surface area contributed by atoms with Crippen LogP contribution in [0.4, 0.5) is 0 Å². The van der Waals surface area contributed by atoms with Crippen molar-refractivity contribution in [1.82, 2.24) is 10.3 Å². The van der Waals surface area contributed by atoms with E-state index >= 15 is 0 Å². The number of benzene rings is 1. The van der Waals surface area contributed by atoms with Crippen LogP contribution in [0.5, 0.6) is 5.75 Å². The van der Waals surface area contributed by atoms with Gasteiger partial charge in [0.05, 0.1) is 5.69 Å². The predicted octanol–water partition coefficient (Wildman–Crippen LogP) is 3.56. The van der Waals surface area contributed by atoms with Crippen molar-refractivity contribution < 1.29 is 9.53 Å². The van der Waals surface area contributed by atoms with Crippen LogP contribution in [0.3, 0.4) is 0 Å². The van der Waals surface area contributed by atoms with Crippen LogP contribution in [0.1, 0.15) is 31.5 Å². The molecule has 0 unspecified atom stereocenters. The van der Waals surface area contributed by atoms with Crippen molar-refractivity contribution in [3.8, 4) is 5.75 Å². The molecule has 1 amide bonds. The van der Waals surface area contributed by atoms with Crippen molar-refractivity contribution in [2.75, 3.05) is 6.54 Å². The van der Waals surface area contributed by atoms with E-state index in [2.05, 4.69) is 30.7 Å². The molecule has 0 aliphatic rings. The molecule has 5 heteroatoms. The molecule has 1 N–H and O–H groups in total. The number of aryl methyl sites for hydroxylation is 3. The highest BCUT2D eigenvalue weighted by atomic mass is 32.1. The summed E-state index contributed by atoms with van der Waals surface area (Å²) in [5.74, 6) is 0.695. The van der Waals surface area contributed by atoms with Crippen molar-refractivity contribution in [3.63, 3.8) is 0 Å². The predicted molar refractivity (Wildman–Crippen MR) is 89.6 cm³/mol. The number of nitrogens with one attached hydrogen (secondary N) is 1. The number of ether oxygens (including phenoxy) is 1. The fourth-order valence-electron chi connectivity index (χ4n) is 1.92. The molecular formula is C17H20N2O2S. The maximum Gasteiger partial charge on any atom is 0.263 e. The number of carbonyl (C=O) groups is 1. The first kappa shape index (κ1) is 16.2. The van der Waals surface area contributed by atoms with E-state index < -0.39 is 0 Å². The highest BCUT2D eigenvalue weighted by Crippen LogP contribution is 2.21. The summed E-state index contributed by atoms with van der Waals surface area (Å²) in [5, 5.41) is 3.55. The molecule has 4 nitrogen and oxygen atoms in total. The maximum absolute atomic E-state index is 12.0. The fraction of sp³-hybridized carbons (Fsp3) is 0.294. The van der Waals surface area contributed by atoms with E-state index in [0.29, 0.717) is 18.0 Å². The lowest BCUT2D eigenvalue weighted by molar-refractivity contribution is 0.0961. The molecule has 1 aromatic carbocycles. The lowest BCUT2D eigenvalue weighted by Gasteiger charge is -2.06. The van der Waals surface area contributed by atoms with E-state index in [1.54, 1.807) is 6.08 Å². The van der Waals surface area contributed by atoms with Gasteiger partial charge in [-0.2, -0.15) is 0 Å². The summed E-state index contributed by atoms with van der Waals surface area (Å²) >= 11 is 1.36. The van der Waals surface area contributed by atoms with Gasteiger partial charge in [0.2, 0.25) is 0 Å². The third kappa shape index (κ3) is 3.95. The van der Waals surface area contributed by atoms with Crippen molar-refractivity contribution in [2.45, 2.75) is 27.4 Å². The second-order valence-corrected chi connectivity index (χ2v) is 6.14. The van der Waals surface area contributed by atoms with Gasteiger partial charge in [-0.1, -0.05) is 12.1 Å². The van der Waals surface area contributed by atoms with Crippen molar-refractivity contribution in [2.24, 2.45) is 0 Å². The molecule has 0 aliphatic carbocycles. The van der Waals surface area contributed by atoms with Gasteiger partial charge < -0.3 is 10.1 Å². The van der Waals surface area contributed by atoms with E-state index in [4.69, 9.17) is 4.74 Å². The molecule has 0 radical (unpaired) electrons. The Bertz CT molecular complexity index is 692. The van der Waals surface area contributed by atoms with Gasteiger partial charge in [-0.25, -0.2) is 4.98 Å². The first-order chi connectivity index (χ1) is 10.5. The summed E-state index contributed by atoms with van der Waals surface area (Å²) in [6.07, 6.45) is 1.65. The number of carbonyl (C=O) groups excluding carboxylic acids is 1. The molecule has 0 spiro atoms. The zero-order chi connectivity index (χ0) is 16.1. The van der Waals surface area contributed by atoms with Crippen LogP contribution in [-0.2, 0) is 6.61 Å². The largest absolute Gasteiger partial charge is 0.486 e. The number of aromatic nitrogens is 1. The van der Waals surface area contributed by atoms with E-state index in [1.165, 1.54) is 22.5 Å². The van der Waals surface area contributed by atoms with Gasteiger partial charge in [0, 0.05) is 6.54 Å². The molecule has 2 aromatic rings. The van der Waals surface area contributed by atoms with Gasteiger partial charge in [-0.3, -0.25) is 4.79 Å². The van der Waals surface area contributed by atoms with Gasteiger partial charge in [-0.05, 0) is 44.0 Å². The minimum Gasteiger partial charge on any atom is -0.486 e. The Labute approximate surface area is 134 Å². The summed E-state index contributed by atoms with van der Waals surface area (Å²) in [5.41, 5.74) is 3.15. The quantitative estimate of drug-likeness (QED) is 0.829. The van der Waals surface area contributed by atoms with Gasteiger partial charge in [-0.15, -0.1) is 17.9 Å². The minimum atomic E-state index is -0.118. The van der Waals surface area contributed by atoms with Crippen LogP contribution >= 0.6 is 11.3 Å². The monoisotopic (exact) mass is 316 g/mol. The summed E-state index contributed by atoms with van der Waals surface area (Å²) in [6, 6.07) is 5.99. The molecule has 0 bridgehead atoms. The molecule has 0 aliphatic heterocycles. The number of nitrogens with zero attached hydrogens (tertiary/aromatic N) is 1. The van der Waals surface area contributed by atoms with Crippen LogP contribution in [0.2, 0.25) is 0 Å². The second-order valence-electron chi connectivity index (χ2n) is 5.06. The third-order valence-electron chi connectivity index (χ3n) is 3.29. The molecule has 0 saturated heterocycles. The van der Waals surface area contributed by atoms with Crippen LogP contribution in [0.25, 0.3) is 0 Å². The van der Waals surface area contributed by atoms with E-state index in [0.717, 1.165) is 16.5 Å². The first-order valence-electron chi connectivity index (χ1n) is 7.06. The average molecular weight is 316 g/mol. The highest BCUT2D eigenvalue weighted by molar-refractivity contribution is 7.13. The second kappa shape index (κ2) is 7.22. The standard InChI is InChI=1S/C17H20N2O2S/c1-5-8-18-17(20)16-13(4)19-15(22-16)10-21-14-7-6-11(2)12(3)9-14/h5-7,9H,1,8,10H2,2-4H3,(H,18,20). The Morgan fingerprint density at radius 2 is 2.14 bits per heavy atom. The first-order valence-corrected chi connectivity index (χ1v) is 7.88. The Balaban J connectivity index is 2.03. The van der Waals surface area contributed by atoms with Crippen LogP contribution in [-0.4, -0.2) is 17.4 Å². The molecule has 1 aromatic heterocycles. The molecule has 0 saturated carbocycles. The van der Waals surface area contributed by atoms with Crippen molar-refractivity contribution in [3.05, 3.63) is 57.6 Å². The maximum atomic E-state index is 12.0. The van der Waals surface area contributed by atoms with E-state index in [1.807, 2.05) is 25.1 Å². The number of thiazole rings is 1. The van der Waals surface area contributed by atoms with Gasteiger partial charge in [0.1, 0.15) is 22.2 Å². The smallest absolute Gasteiger partial charge is 0.263 e. The molecular weight excluding hydrogens is 296 g/mol. The normalized spacial score (nSPS) is 10.3. The highest BCUT2D eigenvalue weighted by Gasteiger charge is 2.14. The number of amides is 1. The Morgan fingerprint density at radius 3 is 2.82 bits per heavy atom. The van der Waals surface area contributed by atoms with Crippen molar-refractivity contribution >= 4 is 17.2 Å². The molecule has 116 valence electrons. The fourth-order valence-corrected chi connectivity index (χ4v) is 2.81. The van der Waals surface area contributed by atoms with E-state index in [9.17, 15) is 4.79 Å². The molecule has 2 rings (SSSR count). The Hall–Kier alpha value is -2.14. The third-order valence-corrected chi connectivity index (χ3v) is 4.42. The number of rotatable bonds is 6. The van der Waals surface area contributed by atoms with Gasteiger partial charge in [0.15, 0.2) is 0 Å². The Kier molecular flexibility index (Phi) is 5.33. The van der Waals surface area contributed by atoms with Gasteiger partial charge in [0.25, 0.3) is 5.91 Å². The zero-order valence-corrected chi connectivity index (χ0v) is 13.9. The zero-order valence-electron chi connectivity index (χ0n) is 13.1. The average Bonchev–Trinajstić information content (AvgIpc) is 2.87. The van der Waals surface area contributed by atoms with Gasteiger partial charge >= 0.3 is 0 Å². The molecule has 1 heterocycles. The summed E-state index contributed by atoms with van der Waals surface area (Å²) in [7, 11) is 0. The molecule has 22 heavy (non-hydrogen) atoms.